The van der Waals surface area contributed by atoms with Gasteiger partial charge in [-0.1, -0.05) is 0 Å². The summed E-state index contributed by atoms with van der Waals surface area (Å²) in [6.45, 7) is 0.754. The third-order valence-corrected chi connectivity index (χ3v) is 4.77. The second kappa shape index (κ2) is 8.69. The number of benzene rings is 2. The normalized spacial score (nSPS) is 14.1. The van der Waals surface area contributed by atoms with Crippen molar-refractivity contribution in [3.05, 3.63) is 53.1 Å². The largest absolute Gasteiger partial charge is 0.497 e. The van der Waals surface area contributed by atoms with Gasteiger partial charge < -0.3 is 24.3 Å². The molecule has 0 aliphatic carbocycles. The minimum Gasteiger partial charge on any atom is -0.497 e. The van der Waals surface area contributed by atoms with Gasteiger partial charge in [-0.25, -0.2) is 0 Å². The van der Waals surface area contributed by atoms with Gasteiger partial charge in [-0.05, 0) is 42.3 Å². The lowest BCUT2D eigenvalue weighted by molar-refractivity contribution is -0.114. The number of allylic oxidation sites excluding steroid dienone is 1. The van der Waals surface area contributed by atoms with Gasteiger partial charge in [0.2, 0.25) is 0 Å². The van der Waals surface area contributed by atoms with Crippen LogP contribution in [0, 0.1) is 0 Å². The van der Waals surface area contributed by atoms with Gasteiger partial charge in [-0.2, -0.15) is 0 Å². The molecule has 2 aromatic rings. The second-order valence-corrected chi connectivity index (χ2v) is 6.42. The summed E-state index contributed by atoms with van der Waals surface area (Å²) < 4.78 is 21.4. The highest BCUT2D eigenvalue weighted by atomic mass is 16.5. The van der Waals surface area contributed by atoms with Crippen LogP contribution in [-0.4, -0.2) is 40.8 Å². The van der Waals surface area contributed by atoms with Crippen molar-refractivity contribution in [2.24, 2.45) is 0 Å². The molecule has 0 unspecified atom stereocenters. The van der Waals surface area contributed by atoms with Gasteiger partial charge >= 0.3 is 0 Å². The molecule has 0 saturated carbocycles. The fraction of sp³-hybridized carbons (Fsp3) is 0.318. The van der Waals surface area contributed by atoms with Crippen LogP contribution in [-0.2, 0) is 17.6 Å². The summed E-state index contributed by atoms with van der Waals surface area (Å²) in [6.07, 6.45) is 2.71. The number of ether oxygens (including phenoxy) is 4. The number of hydrogen-bond donors (Lipinski definition) is 1. The summed E-state index contributed by atoms with van der Waals surface area (Å²) in [7, 11) is 6.41. The topological polar surface area (TPSA) is 66.0 Å². The van der Waals surface area contributed by atoms with Gasteiger partial charge in [0, 0.05) is 35.9 Å². The quantitative estimate of drug-likeness (QED) is 0.742. The van der Waals surface area contributed by atoms with E-state index in [2.05, 4.69) is 5.32 Å². The van der Waals surface area contributed by atoms with Crippen LogP contribution >= 0.6 is 0 Å². The van der Waals surface area contributed by atoms with Crippen molar-refractivity contribution in [3.8, 4) is 23.0 Å². The summed E-state index contributed by atoms with van der Waals surface area (Å²) in [5.74, 6) is 2.65. The zero-order valence-electron chi connectivity index (χ0n) is 16.6. The molecule has 1 N–H and O–H groups in total. The molecule has 1 aliphatic rings. The number of carbonyl (C=O) groups is 1. The molecule has 0 radical (unpaired) electrons. The molecular weight excluding hydrogens is 358 g/mol. The van der Waals surface area contributed by atoms with Crippen molar-refractivity contribution in [2.75, 3.05) is 35.0 Å². The predicted octanol–water partition coefficient (Wildman–Crippen LogP) is 3.02. The molecule has 0 saturated heterocycles. The highest BCUT2D eigenvalue weighted by Gasteiger charge is 2.19. The third kappa shape index (κ3) is 4.06. The predicted molar refractivity (Wildman–Crippen MR) is 107 cm³/mol. The fourth-order valence-electron chi connectivity index (χ4n) is 3.35. The van der Waals surface area contributed by atoms with Gasteiger partial charge in [0.1, 0.15) is 11.5 Å². The Bertz CT molecular complexity index is 904. The third-order valence-electron chi connectivity index (χ3n) is 4.77. The first kappa shape index (κ1) is 19.6. The van der Waals surface area contributed by atoms with E-state index in [1.54, 1.807) is 40.6 Å². The molecule has 6 heteroatoms. The van der Waals surface area contributed by atoms with E-state index in [0.717, 1.165) is 35.4 Å². The second-order valence-electron chi connectivity index (χ2n) is 6.42. The van der Waals surface area contributed by atoms with Crippen molar-refractivity contribution >= 4 is 11.5 Å². The zero-order valence-corrected chi connectivity index (χ0v) is 16.6. The zero-order chi connectivity index (χ0) is 20.1. The van der Waals surface area contributed by atoms with Gasteiger partial charge in [0.05, 0.1) is 28.4 Å². The summed E-state index contributed by atoms with van der Waals surface area (Å²) >= 11 is 0. The first-order valence-electron chi connectivity index (χ1n) is 9.04. The highest BCUT2D eigenvalue weighted by molar-refractivity contribution is 5.98. The van der Waals surface area contributed by atoms with E-state index in [-0.39, 0.29) is 12.2 Å². The molecule has 0 fully saturated rings. The SMILES string of the molecule is COc1ccc(OC)c(CC(=O)/C=C2\NCCc3cc(OC)c(OC)cc32)c1. The molecule has 0 atom stereocenters. The average molecular weight is 383 g/mol. The smallest absolute Gasteiger partial charge is 0.162 e. The van der Waals surface area contributed by atoms with Crippen LogP contribution in [0.2, 0.25) is 0 Å². The standard InChI is InChI=1S/C22H25NO5/c1-25-17-5-6-20(26-2)15(10-17)9-16(24)12-19-18-13-22(28-4)21(27-3)11-14(18)7-8-23-19/h5-6,10-13,23H,7-9H2,1-4H3/b19-12-. The van der Waals surface area contributed by atoms with Crippen LogP contribution in [0.5, 0.6) is 23.0 Å². The Hall–Kier alpha value is -3.15. The lowest BCUT2D eigenvalue weighted by Crippen LogP contribution is -2.23. The van der Waals surface area contributed by atoms with Crippen molar-refractivity contribution in [1.82, 2.24) is 5.32 Å². The van der Waals surface area contributed by atoms with E-state index in [9.17, 15) is 4.79 Å². The summed E-state index contributed by atoms with van der Waals surface area (Å²) in [5.41, 5.74) is 3.64. The number of rotatable bonds is 7. The van der Waals surface area contributed by atoms with E-state index in [0.29, 0.717) is 23.0 Å². The molecule has 0 aromatic heterocycles. The molecule has 0 amide bonds. The maximum absolute atomic E-state index is 12.8. The van der Waals surface area contributed by atoms with E-state index < -0.39 is 0 Å². The Morgan fingerprint density at radius 1 is 0.964 bits per heavy atom. The van der Waals surface area contributed by atoms with Crippen molar-refractivity contribution in [3.63, 3.8) is 0 Å². The van der Waals surface area contributed by atoms with Crippen LogP contribution < -0.4 is 24.3 Å². The Labute approximate surface area is 165 Å². The molecule has 3 rings (SSSR count). The van der Waals surface area contributed by atoms with Crippen LogP contribution in [0.3, 0.4) is 0 Å². The molecule has 1 aliphatic heterocycles. The first-order chi connectivity index (χ1) is 13.6. The van der Waals surface area contributed by atoms with Crippen LogP contribution in [0.4, 0.5) is 0 Å². The van der Waals surface area contributed by atoms with E-state index >= 15 is 0 Å². The Morgan fingerprint density at radius 2 is 1.68 bits per heavy atom. The number of carbonyl (C=O) groups excluding carboxylic acids is 1. The summed E-state index contributed by atoms with van der Waals surface area (Å²) in [5, 5.41) is 3.32. The molecule has 0 bridgehead atoms. The Kier molecular flexibility index (Phi) is 6.09. The summed E-state index contributed by atoms with van der Waals surface area (Å²) in [6, 6.07) is 9.32. The fourth-order valence-corrected chi connectivity index (χ4v) is 3.35. The summed E-state index contributed by atoms with van der Waals surface area (Å²) in [4.78, 5) is 12.8. The molecule has 2 aromatic carbocycles. The van der Waals surface area contributed by atoms with Crippen LogP contribution in [0.25, 0.3) is 5.70 Å². The number of hydrogen-bond acceptors (Lipinski definition) is 6. The molecule has 1 heterocycles. The number of ketones is 1. The number of fused-ring (bicyclic) bond motifs is 1. The lowest BCUT2D eigenvalue weighted by Gasteiger charge is -2.23. The first-order valence-corrected chi connectivity index (χ1v) is 9.04. The molecule has 148 valence electrons. The number of methoxy groups -OCH3 is 4. The number of nitrogens with one attached hydrogen (secondary N) is 1. The highest BCUT2D eigenvalue weighted by Crippen LogP contribution is 2.35. The molecular formula is C22H25NO5. The average Bonchev–Trinajstić information content (AvgIpc) is 2.72. The van der Waals surface area contributed by atoms with Crippen molar-refractivity contribution in [1.29, 1.82) is 0 Å². The minimum absolute atomic E-state index is 0.0308. The van der Waals surface area contributed by atoms with E-state index in [1.807, 2.05) is 24.3 Å². The van der Waals surface area contributed by atoms with Crippen molar-refractivity contribution < 1.29 is 23.7 Å². The molecule has 6 nitrogen and oxygen atoms in total. The van der Waals surface area contributed by atoms with Gasteiger partial charge in [-0.15, -0.1) is 0 Å². The monoisotopic (exact) mass is 383 g/mol. The van der Waals surface area contributed by atoms with Crippen LogP contribution in [0.1, 0.15) is 16.7 Å². The van der Waals surface area contributed by atoms with Crippen LogP contribution in [0.15, 0.2) is 36.4 Å². The maximum atomic E-state index is 12.8. The van der Waals surface area contributed by atoms with E-state index in [4.69, 9.17) is 18.9 Å². The Morgan fingerprint density at radius 3 is 2.36 bits per heavy atom. The Balaban J connectivity index is 1.90. The maximum Gasteiger partial charge on any atom is 0.162 e. The van der Waals surface area contributed by atoms with Gasteiger partial charge in [-0.3, -0.25) is 4.79 Å². The minimum atomic E-state index is -0.0308. The molecule has 28 heavy (non-hydrogen) atoms. The van der Waals surface area contributed by atoms with E-state index in [1.165, 1.54) is 0 Å². The van der Waals surface area contributed by atoms with Gasteiger partial charge in [0.25, 0.3) is 0 Å². The van der Waals surface area contributed by atoms with Gasteiger partial charge in [0.15, 0.2) is 17.3 Å². The molecule has 0 spiro atoms. The lowest BCUT2D eigenvalue weighted by atomic mass is 9.95. The van der Waals surface area contributed by atoms with Crippen molar-refractivity contribution in [2.45, 2.75) is 12.8 Å².